The first-order chi connectivity index (χ1) is 15.5. The second-order valence-electron chi connectivity index (χ2n) is 6.62. The highest BCUT2D eigenvalue weighted by Gasteiger charge is 2.20. The summed E-state index contributed by atoms with van der Waals surface area (Å²) in [5.74, 6) is -0.888. The minimum absolute atomic E-state index is 0.110. The summed E-state index contributed by atoms with van der Waals surface area (Å²) >= 11 is 6.22. The van der Waals surface area contributed by atoms with Gasteiger partial charge in [0.05, 0.1) is 37.6 Å². The highest BCUT2D eigenvalue weighted by atomic mass is 35.5. The van der Waals surface area contributed by atoms with Crippen molar-refractivity contribution in [1.29, 1.82) is 0 Å². The smallest absolute Gasteiger partial charge is 0.355 e. The van der Waals surface area contributed by atoms with Crippen LogP contribution in [0.1, 0.15) is 31.4 Å². The Labute approximate surface area is 191 Å². The van der Waals surface area contributed by atoms with Crippen molar-refractivity contribution in [3.8, 4) is 0 Å². The minimum atomic E-state index is -0.706. The fourth-order valence-corrected chi connectivity index (χ4v) is 3.14. The van der Waals surface area contributed by atoms with Gasteiger partial charge in [0.1, 0.15) is 5.84 Å². The third kappa shape index (κ3) is 6.01. The van der Waals surface area contributed by atoms with Gasteiger partial charge in [0.2, 0.25) is 0 Å². The Kier molecular flexibility index (Phi) is 8.10. The Morgan fingerprint density at radius 1 is 1.09 bits per heavy atom. The van der Waals surface area contributed by atoms with Gasteiger partial charge in [-0.15, -0.1) is 0 Å². The molecule has 0 amide bonds. The molecule has 0 aromatic heterocycles. The van der Waals surface area contributed by atoms with Gasteiger partial charge in [0, 0.05) is 16.1 Å². The van der Waals surface area contributed by atoms with Gasteiger partial charge in [-0.1, -0.05) is 41.9 Å². The number of hydrogen-bond acceptors (Lipinski definition) is 8. The summed E-state index contributed by atoms with van der Waals surface area (Å²) in [6, 6.07) is 15.0. The molecule has 1 heterocycles. The Hall–Kier alpha value is -3.52. The van der Waals surface area contributed by atoms with E-state index in [1.54, 1.807) is 26.0 Å². The molecule has 2 aromatic rings. The summed E-state index contributed by atoms with van der Waals surface area (Å²) in [5.41, 5.74) is 5.74. The maximum Gasteiger partial charge on any atom is 0.355 e. The molecule has 32 heavy (non-hydrogen) atoms. The number of hydrazone groups is 1. The molecule has 2 aromatic carbocycles. The molecule has 1 aliphatic rings. The number of ether oxygens (including phenoxy) is 2. The molecule has 166 valence electrons. The first-order valence-corrected chi connectivity index (χ1v) is 10.5. The average Bonchev–Trinajstić information content (AvgIpc) is 2.96. The first-order valence-electron chi connectivity index (χ1n) is 10.1. The van der Waals surface area contributed by atoms with Crippen LogP contribution in [0.2, 0.25) is 5.02 Å². The van der Waals surface area contributed by atoms with Gasteiger partial charge in [0.25, 0.3) is 0 Å². The minimum Gasteiger partial charge on any atom is -0.466 e. The molecule has 9 heteroatoms. The monoisotopic (exact) mass is 454 g/mol. The number of esters is 2. The van der Waals surface area contributed by atoms with Gasteiger partial charge in [-0.05, 0) is 32.0 Å². The van der Waals surface area contributed by atoms with Crippen molar-refractivity contribution < 1.29 is 19.1 Å². The van der Waals surface area contributed by atoms with Crippen LogP contribution in [0.3, 0.4) is 0 Å². The number of nitrogens with one attached hydrogen (secondary N) is 1. The summed E-state index contributed by atoms with van der Waals surface area (Å²) in [6.45, 7) is 3.88. The molecule has 0 saturated carbocycles. The number of amidine groups is 1. The molecular formula is C23H23ClN4O4. The van der Waals surface area contributed by atoms with Crippen LogP contribution in [-0.4, -0.2) is 49.0 Å². The molecule has 0 unspecified atom stereocenters. The van der Waals surface area contributed by atoms with E-state index in [1.807, 2.05) is 36.4 Å². The van der Waals surface area contributed by atoms with Gasteiger partial charge in [0.15, 0.2) is 5.71 Å². The highest BCUT2D eigenvalue weighted by molar-refractivity contribution is 6.39. The maximum atomic E-state index is 12.2. The molecule has 0 spiro atoms. The van der Waals surface area contributed by atoms with Crippen LogP contribution in [0.15, 0.2) is 63.6 Å². The molecular weight excluding hydrogens is 432 g/mol. The molecule has 0 fully saturated rings. The lowest BCUT2D eigenvalue weighted by Crippen LogP contribution is -2.28. The molecule has 1 aliphatic heterocycles. The number of fused-ring (bicyclic) bond motifs is 1. The summed E-state index contributed by atoms with van der Waals surface area (Å²) in [6.07, 6.45) is -0.322. The number of carbonyl (C=O) groups excluding carboxylic acids is 2. The van der Waals surface area contributed by atoms with Gasteiger partial charge in [-0.2, -0.15) is 5.10 Å². The zero-order chi connectivity index (χ0) is 22.9. The third-order valence-electron chi connectivity index (χ3n) is 4.35. The largest absolute Gasteiger partial charge is 0.466 e. The standard InChI is InChI=1S/C23H23ClN4O4/c1-3-31-21(29)13-19(23(30)32-4-2)27-28-20-14-25-22(15-8-6-5-7-9-15)17-12-16(24)10-11-18(17)26-20/h5-12H,3-4,13-14H2,1-2H3,(H,26,28)/b27-19-. The maximum absolute atomic E-state index is 12.2. The van der Waals surface area contributed by atoms with Gasteiger partial charge in [-0.25, -0.2) is 9.79 Å². The van der Waals surface area contributed by atoms with Crippen molar-refractivity contribution in [2.24, 2.45) is 15.1 Å². The van der Waals surface area contributed by atoms with Gasteiger partial charge >= 0.3 is 11.9 Å². The molecule has 0 saturated heterocycles. The molecule has 3 rings (SSSR count). The van der Waals surface area contributed by atoms with E-state index in [-0.39, 0.29) is 31.9 Å². The summed E-state index contributed by atoms with van der Waals surface area (Å²) in [7, 11) is 0. The number of benzene rings is 2. The summed E-state index contributed by atoms with van der Waals surface area (Å²) in [4.78, 5) is 33.4. The van der Waals surface area contributed by atoms with E-state index < -0.39 is 11.9 Å². The Balaban J connectivity index is 1.92. The lowest BCUT2D eigenvalue weighted by Gasteiger charge is -2.08. The quantitative estimate of drug-likeness (QED) is 0.390. The van der Waals surface area contributed by atoms with Crippen LogP contribution in [0.5, 0.6) is 0 Å². The summed E-state index contributed by atoms with van der Waals surface area (Å²) < 4.78 is 9.91. The normalized spacial score (nSPS) is 13.3. The predicted molar refractivity (Wildman–Crippen MR) is 124 cm³/mol. The number of aliphatic imine (C=N–C) groups is 2. The zero-order valence-corrected chi connectivity index (χ0v) is 18.6. The number of halogens is 1. The fraction of sp³-hybridized carbons (Fsp3) is 0.261. The molecule has 1 N–H and O–H groups in total. The highest BCUT2D eigenvalue weighted by Crippen LogP contribution is 2.28. The van der Waals surface area contributed by atoms with Gasteiger partial charge in [-0.3, -0.25) is 15.2 Å². The van der Waals surface area contributed by atoms with Crippen molar-refractivity contribution in [2.45, 2.75) is 20.3 Å². The van der Waals surface area contributed by atoms with E-state index in [0.717, 1.165) is 16.8 Å². The number of hydrogen-bond donors (Lipinski definition) is 1. The topological polar surface area (TPSA) is 102 Å². The lowest BCUT2D eigenvalue weighted by atomic mass is 10.0. The third-order valence-corrected chi connectivity index (χ3v) is 4.59. The van der Waals surface area contributed by atoms with Crippen LogP contribution in [0.4, 0.5) is 5.69 Å². The Morgan fingerprint density at radius 2 is 1.84 bits per heavy atom. The van der Waals surface area contributed by atoms with E-state index in [2.05, 4.69) is 15.5 Å². The van der Waals surface area contributed by atoms with Crippen molar-refractivity contribution >= 4 is 46.5 Å². The predicted octanol–water partition coefficient (Wildman–Crippen LogP) is 3.68. The van der Waals surface area contributed by atoms with Crippen LogP contribution >= 0.6 is 11.6 Å². The van der Waals surface area contributed by atoms with Crippen LogP contribution in [0.25, 0.3) is 0 Å². The van der Waals surface area contributed by atoms with Crippen LogP contribution in [-0.2, 0) is 19.1 Å². The second-order valence-corrected chi connectivity index (χ2v) is 7.06. The van der Waals surface area contributed by atoms with Crippen molar-refractivity contribution in [2.75, 3.05) is 19.8 Å². The Bertz CT molecular complexity index is 1080. The SMILES string of the molecule is CCOC(=O)C/C(=N/NC1=Nc2ccc(Cl)cc2C(c2ccccc2)=NC1)C(=O)OCC. The van der Waals surface area contributed by atoms with E-state index in [1.165, 1.54) is 0 Å². The number of rotatable bonds is 7. The van der Waals surface area contributed by atoms with E-state index in [4.69, 9.17) is 26.1 Å². The van der Waals surface area contributed by atoms with Crippen LogP contribution < -0.4 is 5.43 Å². The zero-order valence-electron chi connectivity index (χ0n) is 17.8. The van der Waals surface area contributed by atoms with Crippen molar-refractivity contribution in [1.82, 2.24) is 5.43 Å². The molecule has 0 atom stereocenters. The fourth-order valence-electron chi connectivity index (χ4n) is 2.97. The van der Waals surface area contributed by atoms with Crippen molar-refractivity contribution in [3.63, 3.8) is 0 Å². The number of nitrogens with zero attached hydrogens (tertiary/aromatic N) is 3. The molecule has 8 nitrogen and oxygen atoms in total. The molecule has 0 bridgehead atoms. The molecule has 0 radical (unpaired) electrons. The lowest BCUT2D eigenvalue weighted by molar-refractivity contribution is -0.143. The van der Waals surface area contributed by atoms with E-state index >= 15 is 0 Å². The Morgan fingerprint density at radius 3 is 2.56 bits per heavy atom. The average molecular weight is 455 g/mol. The second kappa shape index (κ2) is 11.2. The van der Waals surface area contributed by atoms with E-state index in [0.29, 0.717) is 16.5 Å². The number of carbonyl (C=O) groups is 2. The molecule has 0 aliphatic carbocycles. The van der Waals surface area contributed by atoms with Crippen LogP contribution in [0, 0.1) is 0 Å². The van der Waals surface area contributed by atoms with Crippen molar-refractivity contribution in [3.05, 3.63) is 64.7 Å². The van der Waals surface area contributed by atoms with Gasteiger partial charge < -0.3 is 9.47 Å². The van der Waals surface area contributed by atoms with E-state index in [9.17, 15) is 9.59 Å². The first kappa shape index (κ1) is 23.1. The summed E-state index contributed by atoms with van der Waals surface area (Å²) in [5, 5.41) is 4.65.